The SMILES string of the molecule is CCOC(=O)/C=C1\CCC=C(C(C(=O)OC)c2ccccc2C)O1. The van der Waals surface area contributed by atoms with Gasteiger partial charge in [0.1, 0.15) is 17.4 Å². The fraction of sp³-hybridized carbons (Fsp3) is 0.368. The minimum atomic E-state index is -0.651. The van der Waals surface area contributed by atoms with Crippen LogP contribution in [0.1, 0.15) is 36.8 Å². The van der Waals surface area contributed by atoms with Gasteiger partial charge in [-0.1, -0.05) is 24.3 Å². The summed E-state index contributed by atoms with van der Waals surface area (Å²) in [4.78, 5) is 24.0. The number of carbonyl (C=O) groups is 2. The molecule has 5 nitrogen and oxygen atoms in total. The van der Waals surface area contributed by atoms with Gasteiger partial charge in [-0.25, -0.2) is 4.79 Å². The maximum Gasteiger partial charge on any atom is 0.334 e. The van der Waals surface area contributed by atoms with E-state index in [0.717, 1.165) is 11.1 Å². The molecule has 1 heterocycles. The van der Waals surface area contributed by atoms with Crippen molar-refractivity contribution in [2.24, 2.45) is 0 Å². The third-order valence-electron chi connectivity index (χ3n) is 3.77. The molecule has 0 radical (unpaired) electrons. The zero-order valence-corrected chi connectivity index (χ0v) is 14.2. The maximum absolute atomic E-state index is 12.3. The topological polar surface area (TPSA) is 61.8 Å². The first kappa shape index (κ1) is 17.8. The zero-order valence-electron chi connectivity index (χ0n) is 14.2. The van der Waals surface area contributed by atoms with E-state index in [-0.39, 0.29) is 0 Å². The number of hydrogen-bond donors (Lipinski definition) is 0. The fourth-order valence-electron chi connectivity index (χ4n) is 2.62. The Labute approximate surface area is 141 Å². The normalized spacial score (nSPS) is 16.8. The molecule has 1 unspecified atom stereocenters. The molecule has 5 heteroatoms. The van der Waals surface area contributed by atoms with Crippen LogP contribution in [-0.4, -0.2) is 25.7 Å². The zero-order chi connectivity index (χ0) is 17.5. The molecule has 0 saturated heterocycles. The van der Waals surface area contributed by atoms with E-state index in [2.05, 4.69) is 0 Å². The molecule has 0 amide bonds. The van der Waals surface area contributed by atoms with Crippen molar-refractivity contribution in [3.05, 3.63) is 59.1 Å². The Morgan fingerprint density at radius 2 is 2.08 bits per heavy atom. The van der Waals surface area contributed by atoms with E-state index < -0.39 is 17.9 Å². The van der Waals surface area contributed by atoms with Crippen LogP contribution in [-0.2, 0) is 23.8 Å². The molecule has 0 N–H and O–H groups in total. The Kier molecular flexibility index (Phi) is 6.18. The van der Waals surface area contributed by atoms with Gasteiger partial charge in [0.05, 0.1) is 19.8 Å². The van der Waals surface area contributed by atoms with Gasteiger partial charge in [-0.05, 0) is 37.5 Å². The summed E-state index contributed by atoms with van der Waals surface area (Å²) < 4.78 is 15.7. The second-order valence-electron chi connectivity index (χ2n) is 5.42. The lowest BCUT2D eigenvalue weighted by Crippen LogP contribution is -2.21. The number of rotatable bonds is 5. The number of allylic oxidation sites excluding steroid dienone is 2. The third-order valence-corrected chi connectivity index (χ3v) is 3.77. The Morgan fingerprint density at radius 1 is 1.33 bits per heavy atom. The molecule has 0 saturated carbocycles. The molecule has 1 aromatic rings. The van der Waals surface area contributed by atoms with Gasteiger partial charge in [0.15, 0.2) is 0 Å². The van der Waals surface area contributed by atoms with E-state index in [0.29, 0.717) is 31.0 Å². The highest BCUT2D eigenvalue weighted by Crippen LogP contribution is 2.34. The van der Waals surface area contributed by atoms with Crippen LogP contribution in [0.5, 0.6) is 0 Å². The summed E-state index contributed by atoms with van der Waals surface area (Å²) in [6.07, 6.45) is 4.48. The smallest absolute Gasteiger partial charge is 0.334 e. The molecule has 0 fully saturated rings. The minimum Gasteiger partial charge on any atom is -0.468 e. The lowest BCUT2D eigenvalue weighted by molar-refractivity contribution is -0.142. The van der Waals surface area contributed by atoms with Gasteiger partial charge in [0, 0.05) is 6.42 Å². The van der Waals surface area contributed by atoms with Gasteiger partial charge >= 0.3 is 11.9 Å². The van der Waals surface area contributed by atoms with Crippen molar-refractivity contribution in [1.29, 1.82) is 0 Å². The maximum atomic E-state index is 12.3. The van der Waals surface area contributed by atoms with E-state index in [9.17, 15) is 9.59 Å². The van der Waals surface area contributed by atoms with Crippen LogP contribution in [0.2, 0.25) is 0 Å². The second-order valence-corrected chi connectivity index (χ2v) is 5.42. The van der Waals surface area contributed by atoms with Crippen molar-refractivity contribution in [2.45, 2.75) is 32.6 Å². The number of hydrogen-bond acceptors (Lipinski definition) is 5. The number of methoxy groups -OCH3 is 1. The van der Waals surface area contributed by atoms with Gasteiger partial charge in [0.25, 0.3) is 0 Å². The fourth-order valence-corrected chi connectivity index (χ4v) is 2.62. The quantitative estimate of drug-likeness (QED) is 0.612. The van der Waals surface area contributed by atoms with E-state index in [1.165, 1.54) is 13.2 Å². The van der Waals surface area contributed by atoms with Crippen LogP contribution in [0.15, 0.2) is 47.9 Å². The molecule has 24 heavy (non-hydrogen) atoms. The molecule has 1 aliphatic rings. The van der Waals surface area contributed by atoms with Crippen molar-refractivity contribution in [1.82, 2.24) is 0 Å². The first-order chi connectivity index (χ1) is 11.6. The summed E-state index contributed by atoms with van der Waals surface area (Å²) in [5.74, 6) is -0.513. The van der Waals surface area contributed by atoms with Crippen LogP contribution in [0.4, 0.5) is 0 Å². The van der Waals surface area contributed by atoms with Gasteiger partial charge < -0.3 is 14.2 Å². The highest BCUT2D eigenvalue weighted by molar-refractivity contribution is 5.83. The third kappa shape index (κ3) is 4.25. The van der Waals surface area contributed by atoms with Gasteiger partial charge in [0.2, 0.25) is 0 Å². The second kappa shape index (κ2) is 8.34. The summed E-state index contributed by atoms with van der Waals surface area (Å²) in [7, 11) is 1.35. The molecule has 0 spiro atoms. The molecule has 1 aromatic carbocycles. The summed E-state index contributed by atoms with van der Waals surface area (Å²) in [5.41, 5.74) is 1.80. The molecule has 1 atom stereocenters. The first-order valence-corrected chi connectivity index (χ1v) is 7.95. The average molecular weight is 330 g/mol. The largest absolute Gasteiger partial charge is 0.468 e. The van der Waals surface area contributed by atoms with Gasteiger partial charge in [-0.15, -0.1) is 0 Å². The van der Waals surface area contributed by atoms with Gasteiger partial charge in [-0.2, -0.15) is 0 Å². The van der Waals surface area contributed by atoms with E-state index in [1.807, 2.05) is 37.3 Å². The molecule has 0 aliphatic carbocycles. The summed E-state index contributed by atoms with van der Waals surface area (Å²) in [6.45, 7) is 3.98. The molecule has 0 aromatic heterocycles. The number of aryl methyl sites for hydroxylation is 1. The summed E-state index contributed by atoms with van der Waals surface area (Å²) in [5, 5.41) is 0. The van der Waals surface area contributed by atoms with Crippen molar-refractivity contribution >= 4 is 11.9 Å². The number of carbonyl (C=O) groups excluding carboxylic acids is 2. The van der Waals surface area contributed by atoms with Crippen LogP contribution in [0.25, 0.3) is 0 Å². The molecule has 2 rings (SSSR count). The van der Waals surface area contributed by atoms with E-state index in [1.54, 1.807) is 6.92 Å². The van der Waals surface area contributed by atoms with Crippen LogP contribution in [0.3, 0.4) is 0 Å². The number of esters is 2. The summed E-state index contributed by atoms with van der Waals surface area (Å²) in [6, 6.07) is 7.60. The van der Waals surface area contributed by atoms with Crippen LogP contribution < -0.4 is 0 Å². The molecule has 1 aliphatic heterocycles. The number of ether oxygens (including phenoxy) is 3. The predicted molar refractivity (Wildman–Crippen MR) is 89.1 cm³/mol. The Morgan fingerprint density at radius 3 is 2.75 bits per heavy atom. The van der Waals surface area contributed by atoms with Crippen LogP contribution >= 0.6 is 0 Å². The highest BCUT2D eigenvalue weighted by atomic mass is 16.5. The van der Waals surface area contributed by atoms with Gasteiger partial charge in [-0.3, -0.25) is 4.79 Å². The van der Waals surface area contributed by atoms with E-state index in [4.69, 9.17) is 14.2 Å². The van der Waals surface area contributed by atoms with Crippen LogP contribution in [0, 0.1) is 6.92 Å². The van der Waals surface area contributed by atoms with Crippen molar-refractivity contribution < 1.29 is 23.8 Å². The van der Waals surface area contributed by atoms with Crippen molar-refractivity contribution in [2.75, 3.05) is 13.7 Å². The molecule has 0 bridgehead atoms. The highest BCUT2D eigenvalue weighted by Gasteiger charge is 2.30. The minimum absolute atomic E-state index is 0.305. The standard InChI is InChI=1S/C19H22O5/c1-4-23-17(20)12-14-9-7-11-16(24-14)18(19(21)22-3)15-10-6-5-8-13(15)2/h5-6,8,10-12,18H,4,7,9H2,1-3H3/b14-12+. The average Bonchev–Trinajstić information content (AvgIpc) is 2.57. The van der Waals surface area contributed by atoms with Crippen molar-refractivity contribution in [3.8, 4) is 0 Å². The Bertz CT molecular complexity index is 672. The number of benzene rings is 1. The monoisotopic (exact) mass is 330 g/mol. The van der Waals surface area contributed by atoms with E-state index >= 15 is 0 Å². The Balaban J connectivity index is 2.31. The molecule has 128 valence electrons. The Hall–Kier alpha value is -2.56. The molecular formula is C19H22O5. The lowest BCUT2D eigenvalue weighted by Gasteiger charge is -2.24. The first-order valence-electron chi connectivity index (χ1n) is 7.95. The predicted octanol–water partition coefficient (Wildman–Crippen LogP) is 3.39. The van der Waals surface area contributed by atoms with Crippen molar-refractivity contribution in [3.63, 3.8) is 0 Å². The summed E-state index contributed by atoms with van der Waals surface area (Å²) >= 11 is 0. The molecular weight excluding hydrogens is 308 g/mol. The lowest BCUT2D eigenvalue weighted by atomic mass is 9.91.